The maximum absolute atomic E-state index is 12.0. The topological polar surface area (TPSA) is 96.0 Å². The Morgan fingerprint density at radius 2 is 1.72 bits per heavy atom. The number of rotatable bonds is 6. The van der Waals surface area contributed by atoms with Crippen molar-refractivity contribution in [1.82, 2.24) is 9.21 Å². The molecule has 2 amide bonds. The molecule has 0 spiro atoms. The number of carbonyl (C=O) groups excluding carboxylic acids is 2. The molecule has 1 aliphatic rings. The van der Waals surface area contributed by atoms with Crippen molar-refractivity contribution < 1.29 is 22.7 Å². The zero-order valence-corrected chi connectivity index (χ0v) is 15.2. The summed E-state index contributed by atoms with van der Waals surface area (Å²) in [6, 6.07) is 5.92. The lowest BCUT2D eigenvalue weighted by atomic mass is 10.2. The number of ether oxygens (including phenoxy) is 1. The van der Waals surface area contributed by atoms with Gasteiger partial charge in [0.15, 0.2) is 0 Å². The molecule has 0 aromatic heterocycles. The second kappa shape index (κ2) is 8.41. The van der Waals surface area contributed by atoms with E-state index in [1.807, 2.05) is 0 Å². The lowest BCUT2D eigenvalue weighted by Crippen LogP contribution is -2.40. The van der Waals surface area contributed by atoms with Crippen LogP contribution < -0.4 is 5.32 Å². The van der Waals surface area contributed by atoms with Crippen molar-refractivity contribution in [3.05, 3.63) is 24.3 Å². The summed E-state index contributed by atoms with van der Waals surface area (Å²) in [5, 5.41) is 2.67. The van der Waals surface area contributed by atoms with Crippen LogP contribution in [0.5, 0.6) is 0 Å². The monoisotopic (exact) mass is 369 g/mol. The summed E-state index contributed by atoms with van der Waals surface area (Å²) in [6.45, 7) is 2.17. The van der Waals surface area contributed by atoms with E-state index in [-0.39, 0.29) is 29.6 Å². The van der Waals surface area contributed by atoms with Gasteiger partial charge in [-0.05, 0) is 24.3 Å². The zero-order valence-electron chi connectivity index (χ0n) is 14.4. The first-order valence-corrected chi connectivity index (χ1v) is 9.42. The van der Waals surface area contributed by atoms with E-state index in [4.69, 9.17) is 4.74 Å². The molecule has 9 heteroatoms. The summed E-state index contributed by atoms with van der Waals surface area (Å²) in [7, 11) is -0.586. The predicted molar refractivity (Wildman–Crippen MR) is 92.6 cm³/mol. The fourth-order valence-electron chi connectivity index (χ4n) is 2.34. The van der Waals surface area contributed by atoms with Gasteiger partial charge in [0, 0.05) is 45.7 Å². The Labute approximate surface area is 147 Å². The van der Waals surface area contributed by atoms with Gasteiger partial charge in [-0.15, -0.1) is 0 Å². The van der Waals surface area contributed by atoms with Gasteiger partial charge in [0.25, 0.3) is 0 Å². The second-order valence-electron chi connectivity index (χ2n) is 5.85. The molecule has 0 bridgehead atoms. The fourth-order valence-corrected chi connectivity index (χ4v) is 3.24. The first-order valence-electron chi connectivity index (χ1n) is 7.98. The first-order chi connectivity index (χ1) is 11.8. The van der Waals surface area contributed by atoms with Crippen LogP contribution in [-0.2, 0) is 24.3 Å². The number of hydrogen-bond acceptors (Lipinski definition) is 5. The van der Waals surface area contributed by atoms with Gasteiger partial charge in [0.2, 0.25) is 21.8 Å². The van der Waals surface area contributed by atoms with Crippen molar-refractivity contribution in [2.45, 2.75) is 17.7 Å². The highest BCUT2D eigenvalue weighted by atomic mass is 32.2. The van der Waals surface area contributed by atoms with E-state index >= 15 is 0 Å². The molecule has 0 aliphatic carbocycles. The molecule has 8 nitrogen and oxygen atoms in total. The standard InChI is InChI=1S/C16H23N3O5S/c1-18(2)25(22,23)14-5-3-13(4-6-14)17-15(20)7-8-16(21)19-9-11-24-12-10-19/h3-6H,7-12H2,1-2H3,(H,17,20). The van der Waals surface area contributed by atoms with E-state index in [2.05, 4.69) is 5.32 Å². The Morgan fingerprint density at radius 3 is 2.28 bits per heavy atom. The first kappa shape index (κ1) is 19.4. The lowest BCUT2D eigenvalue weighted by Gasteiger charge is -2.26. The molecule has 1 aliphatic heterocycles. The minimum atomic E-state index is -3.50. The van der Waals surface area contributed by atoms with Crippen LogP contribution >= 0.6 is 0 Å². The van der Waals surface area contributed by atoms with Gasteiger partial charge in [-0.3, -0.25) is 9.59 Å². The molecule has 25 heavy (non-hydrogen) atoms. The maximum Gasteiger partial charge on any atom is 0.242 e. The highest BCUT2D eigenvalue weighted by Crippen LogP contribution is 2.17. The third-order valence-electron chi connectivity index (χ3n) is 3.85. The molecule has 1 N–H and O–H groups in total. The molecule has 1 fully saturated rings. The third-order valence-corrected chi connectivity index (χ3v) is 5.68. The Bertz CT molecular complexity index is 710. The van der Waals surface area contributed by atoms with Gasteiger partial charge in [-0.25, -0.2) is 12.7 Å². The molecule has 1 saturated heterocycles. The normalized spacial score (nSPS) is 15.2. The SMILES string of the molecule is CN(C)S(=O)(=O)c1ccc(NC(=O)CCC(=O)N2CCOCC2)cc1. The van der Waals surface area contributed by atoms with Crippen LogP contribution in [0.4, 0.5) is 5.69 Å². The average molecular weight is 369 g/mol. The molecule has 0 radical (unpaired) electrons. The van der Waals surface area contributed by atoms with Gasteiger partial charge >= 0.3 is 0 Å². The molecule has 0 atom stereocenters. The second-order valence-corrected chi connectivity index (χ2v) is 8.00. The summed E-state index contributed by atoms with van der Waals surface area (Å²) in [5.41, 5.74) is 0.488. The highest BCUT2D eigenvalue weighted by molar-refractivity contribution is 7.89. The predicted octanol–water partition coefficient (Wildman–Crippen LogP) is 0.514. The summed E-state index contributed by atoms with van der Waals surface area (Å²) in [4.78, 5) is 25.8. The number of nitrogens with one attached hydrogen (secondary N) is 1. The molecule has 0 saturated carbocycles. The third kappa shape index (κ3) is 5.25. The largest absolute Gasteiger partial charge is 0.378 e. The van der Waals surface area contributed by atoms with Crippen molar-refractivity contribution in [1.29, 1.82) is 0 Å². The van der Waals surface area contributed by atoms with Crippen LogP contribution in [0.25, 0.3) is 0 Å². The summed E-state index contributed by atoms with van der Waals surface area (Å²) >= 11 is 0. The van der Waals surface area contributed by atoms with Crippen LogP contribution in [0, 0.1) is 0 Å². The van der Waals surface area contributed by atoms with Crippen LogP contribution in [0.2, 0.25) is 0 Å². The number of amides is 2. The molecule has 1 aromatic carbocycles. The van der Waals surface area contributed by atoms with Crippen LogP contribution in [-0.4, -0.2) is 69.8 Å². The highest BCUT2D eigenvalue weighted by Gasteiger charge is 2.18. The van der Waals surface area contributed by atoms with Gasteiger partial charge in [0.1, 0.15) is 0 Å². The van der Waals surface area contributed by atoms with Gasteiger partial charge < -0.3 is 15.0 Å². The fraction of sp³-hybridized carbons (Fsp3) is 0.500. The number of hydrogen-bond donors (Lipinski definition) is 1. The van der Waals surface area contributed by atoms with E-state index in [9.17, 15) is 18.0 Å². The lowest BCUT2D eigenvalue weighted by molar-refractivity contribution is -0.136. The minimum absolute atomic E-state index is 0.0640. The number of morpholine rings is 1. The molecule has 138 valence electrons. The Balaban J connectivity index is 1.85. The number of nitrogens with zero attached hydrogens (tertiary/aromatic N) is 2. The Hall–Kier alpha value is -1.97. The number of benzene rings is 1. The summed E-state index contributed by atoms with van der Waals surface area (Å²) in [6.07, 6.45) is 0.215. The zero-order chi connectivity index (χ0) is 18.4. The van der Waals surface area contributed by atoms with E-state index in [1.165, 1.54) is 38.4 Å². The number of sulfonamides is 1. The quantitative estimate of drug-likeness (QED) is 0.788. The summed E-state index contributed by atoms with van der Waals surface area (Å²) in [5.74, 6) is -0.351. The van der Waals surface area contributed by atoms with Gasteiger partial charge in [-0.1, -0.05) is 0 Å². The maximum atomic E-state index is 12.0. The molecular formula is C16H23N3O5S. The van der Waals surface area contributed by atoms with Crippen LogP contribution in [0.3, 0.4) is 0 Å². The number of anilines is 1. The van der Waals surface area contributed by atoms with Gasteiger partial charge in [0.05, 0.1) is 18.1 Å². The average Bonchev–Trinajstić information content (AvgIpc) is 2.60. The molecule has 1 heterocycles. The minimum Gasteiger partial charge on any atom is -0.378 e. The van der Waals surface area contributed by atoms with Crippen molar-refractivity contribution in [3.8, 4) is 0 Å². The van der Waals surface area contributed by atoms with Crippen molar-refractivity contribution in [3.63, 3.8) is 0 Å². The van der Waals surface area contributed by atoms with E-state index < -0.39 is 10.0 Å². The van der Waals surface area contributed by atoms with Crippen molar-refractivity contribution in [2.75, 3.05) is 45.7 Å². The van der Waals surface area contributed by atoms with Gasteiger partial charge in [-0.2, -0.15) is 0 Å². The summed E-state index contributed by atoms with van der Waals surface area (Å²) < 4.78 is 30.3. The molecule has 1 aromatic rings. The van der Waals surface area contributed by atoms with Crippen LogP contribution in [0.15, 0.2) is 29.2 Å². The molecule has 2 rings (SSSR count). The van der Waals surface area contributed by atoms with Crippen LogP contribution in [0.1, 0.15) is 12.8 Å². The molecule has 0 unspecified atom stereocenters. The van der Waals surface area contributed by atoms with E-state index in [0.29, 0.717) is 32.0 Å². The van der Waals surface area contributed by atoms with E-state index in [0.717, 1.165) is 4.31 Å². The Kier molecular flexibility index (Phi) is 6.51. The smallest absolute Gasteiger partial charge is 0.242 e. The molecular weight excluding hydrogens is 346 g/mol. The number of carbonyl (C=O) groups is 2. The van der Waals surface area contributed by atoms with E-state index in [1.54, 1.807) is 4.90 Å². The Morgan fingerprint density at radius 1 is 1.12 bits per heavy atom. The van der Waals surface area contributed by atoms with Crippen molar-refractivity contribution in [2.24, 2.45) is 0 Å². The van der Waals surface area contributed by atoms with Crippen molar-refractivity contribution >= 4 is 27.5 Å².